The third kappa shape index (κ3) is 2.12. The zero-order chi connectivity index (χ0) is 13.6. The van der Waals surface area contributed by atoms with E-state index < -0.39 is 0 Å². The van der Waals surface area contributed by atoms with E-state index in [2.05, 4.69) is 20.9 Å². The predicted octanol–water partition coefficient (Wildman–Crippen LogP) is 1.45. The monoisotopic (exact) mass is 326 g/mol. The summed E-state index contributed by atoms with van der Waals surface area (Å²) in [5, 5.41) is 0. The molecule has 1 saturated heterocycles. The molecule has 0 aromatic carbocycles. The maximum atomic E-state index is 12.7. The van der Waals surface area contributed by atoms with Crippen LogP contribution in [0.25, 0.3) is 0 Å². The Bertz CT molecular complexity index is 592. The molecule has 2 fully saturated rings. The van der Waals surface area contributed by atoms with Crippen LogP contribution in [0.5, 0.6) is 0 Å². The van der Waals surface area contributed by atoms with Gasteiger partial charge < -0.3 is 14.6 Å². The third-order valence-corrected chi connectivity index (χ3v) is 4.49. The Labute approximate surface area is 119 Å². The molecule has 6 heteroatoms. The van der Waals surface area contributed by atoms with E-state index in [0.717, 1.165) is 12.8 Å². The SMILES string of the molecule is Cc1[nH]c(=O)c(Br)cc1C(=O)N1CCOCC12CC2. The average molecular weight is 327 g/mol. The fraction of sp³-hybridized carbons (Fsp3) is 0.538. The van der Waals surface area contributed by atoms with Crippen LogP contribution in [0.15, 0.2) is 15.3 Å². The first-order valence-corrected chi connectivity index (χ1v) is 7.12. The van der Waals surface area contributed by atoms with Crippen LogP contribution in [0, 0.1) is 6.92 Å². The number of ether oxygens (including phenoxy) is 1. The van der Waals surface area contributed by atoms with Crippen molar-refractivity contribution in [2.75, 3.05) is 19.8 Å². The number of H-pyrrole nitrogens is 1. The Kier molecular flexibility index (Phi) is 3.02. The standard InChI is InChI=1S/C13H15BrN2O3/c1-8-9(6-10(14)11(17)15-8)12(18)16-4-5-19-7-13(16)2-3-13/h6H,2-5,7H2,1H3,(H,15,17). The average Bonchev–Trinajstić information content (AvgIpc) is 3.14. The maximum Gasteiger partial charge on any atom is 0.262 e. The number of carbonyl (C=O) groups is 1. The molecule has 1 aliphatic heterocycles. The molecule has 1 aromatic heterocycles. The summed E-state index contributed by atoms with van der Waals surface area (Å²) in [4.78, 5) is 28.8. The van der Waals surface area contributed by atoms with Crippen LogP contribution in [0.2, 0.25) is 0 Å². The number of aromatic nitrogens is 1. The number of pyridine rings is 1. The van der Waals surface area contributed by atoms with E-state index in [9.17, 15) is 9.59 Å². The van der Waals surface area contributed by atoms with Gasteiger partial charge in [-0.15, -0.1) is 0 Å². The first kappa shape index (κ1) is 12.9. The Morgan fingerprint density at radius 3 is 2.95 bits per heavy atom. The van der Waals surface area contributed by atoms with Gasteiger partial charge in [-0.25, -0.2) is 0 Å². The number of halogens is 1. The van der Waals surface area contributed by atoms with Gasteiger partial charge in [0.05, 0.1) is 28.8 Å². The molecular formula is C13H15BrN2O3. The topological polar surface area (TPSA) is 62.4 Å². The fourth-order valence-corrected chi connectivity index (χ4v) is 2.90. The van der Waals surface area contributed by atoms with Crippen LogP contribution in [0.3, 0.4) is 0 Å². The molecule has 5 nitrogen and oxygen atoms in total. The first-order valence-electron chi connectivity index (χ1n) is 6.33. The minimum Gasteiger partial charge on any atom is -0.377 e. The maximum absolute atomic E-state index is 12.7. The molecule has 1 aromatic rings. The van der Waals surface area contributed by atoms with Crippen molar-refractivity contribution in [2.24, 2.45) is 0 Å². The zero-order valence-electron chi connectivity index (χ0n) is 10.7. The summed E-state index contributed by atoms with van der Waals surface area (Å²) in [6.07, 6.45) is 2.00. The second-order valence-corrected chi connectivity index (χ2v) is 6.07. The summed E-state index contributed by atoms with van der Waals surface area (Å²) in [7, 11) is 0. The van der Waals surface area contributed by atoms with Gasteiger partial charge in [0.1, 0.15) is 0 Å². The summed E-state index contributed by atoms with van der Waals surface area (Å²) in [5.74, 6) is -0.0183. The lowest BCUT2D eigenvalue weighted by molar-refractivity contribution is -0.0118. The van der Waals surface area contributed by atoms with Gasteiger partial charge in [-0.05, 0) is 41.8 Å². The molecule has 19 heavy (non-hydrogen) atoms. The van der Waals surface area contributed by atoms with Crippen LogP contribution < -0.4 is 5.56 Å². The van der Waals surface area contributed by atoms with Crippen LogP contribution in [-0.2, 0) is 4.74 Å². The van der Waals surface area contributed by atoms with E-state index in [1.165, 1.54) is 0 Å². The number of aromatic amines is 1. The van der Waals surface area contributed by atoms with Crippen molar-refractivity contribution < 1.29 is 9.53 Å². The smallest absolute Gasteiger partial charge is 0.262 e. The van der Waals surface area contributed by atoms with Crippen LogP contribution >= 0.6 is 15.9 Å². The van der Waals surface area contributed by atoms with Gasteiger partial charge in [0.2, 0.25) is 0 Å². The zero-order valence-corrected chi connectivity index (χ0v) is 12.2. The molecule has 1 aliphatic carbocycles. The number of carbonyl (C=O) groups excluding carboxylic acids is 1. The highest BCUT2D eigenvalue weighted by molar-refractivity contribution is 9.10. The molecule has 0 bridgehead atoms. The minimum atomic E-state index is -0.211. The van der Waals surface area contributed by atoms with Crippen LogP contribution in [-0.4, -0.2) is 41.1 Å². The lowest BCUT2D eigenvalue weighted by Crippen LogP contribution is -2.50. The summed E-state index contributed by atoms with van der Waals surface area (Å²) in [5.41, 5.74) is 0.863. The van der Waals surface area contributed by atoms with E-state index in [1.54, 1.807) is 13.0 Å². The van der Waals surface area contributed by atoms with Gasteiger partial charge in [0.15, 0.2) is 0 Å². The van der Waals surface area contributed by atoms with Crippen molar-refractivity contribution in [3.63, 3.8) is 0 Å². The fourth-order valence-electron chi connectivity index (χ4n) is 2.57. The second kappa shape index (κ2) is 4.45. The molecular weight excluding hydrogens is 312 g/mol. The Balaban J connectivity index is 1.96. The number of nitrogens with one attached hydrogen (secondary N) is 1. The Morgan fingerprint density at radius 2 is 2.26 bits per heavy atom. The molecule has 2 heterocycles. The van der Waals surface area contributed by atoms with Crippen molar-refractivity contribution >= 4 is 21.8 Å². The summed E-state index contributed by atoms with van der Waals surface area (Å²) in [6, 6.07) is 1.61. The van der Waals surface area contributed by atoms with Gasteiger partial charge in [0, 0.05) is 12.2 Å². The van der Waals surface area contributed by atoms with Gasteiger partial charge in [-0.3, -0.25) is 9.59 Å². The number of rotatable bonds is 1. The first-order chi connectivity index (χ1) is 9.03. The number of hydrogen-bond donors (Lipinski definition) is 1. The summed E-state index contributed by atoms with van der Waals surface area (Å²) >= 11 is 3.18. The predicted molar refractivity (Wildman–Crippen MR) is 73.3 cm³/mol. The Hall–Kier alpha value is -1.14. The van der Waals surface area contributed by atoms with Crippen molar-refractivity contribution in [3.05, 3.63) is 32.2 Å². The molecule has 3 rings (SSSR count). The minimum absolute atomic E-state index is 0.0183. The molecule has 1 saturated carbocycles. The second-order valence-electron chi connectivity index (χ2n) is 5.22. The molecule has 1 amide bonds. The number of morpholine rings is 1. The van der Waals surface area contributed by atoms with E-state index in [4.69, 9.17) is 4.74 Å². The molecule has 0 atom stereocenters. The number of aryl methyl sites for hydroxylation is 1. The summed E-state index contributed by atoms with van der Waals surface area (Å²) < 4.78 is 5.86. The van der Waals surface area contributed by atoms with Crippen molar-refractivity contribution in [2.45, 2.75) is 25.3 Å². The van der Waals surface area contributed by atoms with E-state index >= 15 is 0 Å². The molecule has 1 spiro atoms. The molecule has 102 valence electrons. The van der Waals surface area contributed by atoms with Crippen LogP contribution in [0.4, 0.5) is 0 Å². The Morgan fingerprint density at radius 1 is 1.53 bits per heavy atom. The van der Waals surface area contributed by atoms with Gasteiger partial charge in [-0.2, -0.15) is 0 Å². The molecule has 1 N–H and O–H groups in total. The highest BCUT2D eigenvalue weighted by atomic mass is 79.9. The highest BCUT2D eigenvalue weighted by Gasteiger charge is 2.52. The van der Waals surface area contributed by atoms with Gasteiger partial charge in [-0.1, -0.05) is 0 Å². The van der Waals surface area contributed by atoms with Crippen LogP contribution in [0.1, 0.15) is 28.9 Å². The lowest BCUT2D eigenvalue weighted by atomic mass is 10.1. The summed E-state index contributed by atoms with van der Waals surface area (Å²) in [6.45, 7) is 3.58. The number of amides is 1. The highest BCUT2D eigenvalue weighted by Crippen LogP contribution is 2.44. The van der Waals surface area contributed by atoms with Gasteiger partial charge >= 0.3 is 0 Å². The largest absolute Gasteiger partial charge is 0.377 e. The molecule has 0 radical (unpaired) electrons. The van der Waals surface area contributed by atoms with Crippen molar-refractivity contribution in [3.8, 4) is 0 Å². The number of nitrogens with zero attached hydrogens (tertiary/aromatic N) is 1. The van der Waals surface area contributed by atoms with E-state index in [0.29, 0.717) is 35.5 Å². The quantitative estimate of drug-likeness (QED) is 0.849. The van der Waals surface area contributed by atoms with Crippen molar-refractivity contribution in [1.82, 2.24) is 9.88 Å². The number of hydrogen-bond acceptors (Lipinski definition) is 3. The van der Waals surface area contributed by atoms with E-state index in [1.807, 2.05) is 4.90 Å². The lowest BCUT2D eigenvalue weighted by Gasteiger charge is -2.36. The normalized spacial score (nSPS) is 20.6. The molecule has 2 aliphatic rings. The molecule has 0 unspecified atom stereocenters. The van der Waals surface area contributed by atoms with E-state index in [-0.39, 0.29) is 17.0 Å². The third-order valence-electron chi connectivity index (χ3n) is 3.90. The van der Waals surface area contributed by atoms with Gasteiger partial charge in [0.25, 0.3) is 11.5 Å². The van der Waals surface area contributed by atoms with Crippen molar-refractivity contribution in [1.29, 1.82) is 0 Å².